The summed E-state index contributed by atoms with van der Waals surface area (Å²) in [5.74, 6) is -0.311. The van der Waals surface area contributed by atoms with Crippen molar-refractivity contribution in [1.82, 2.24) is 10.2 Å². The van der Waals surface area contributed by atoms with Gasteiger partial charge in [-0.2, -0.15) is 0 Å². The summed E-state index contributed by atoms with van der Waals surface area (Å²) in [4.78, 5) is 14.0. The number of carbonyl (C=O) groups excluding carboxylic acids is 1. The maximum Gasteiger partial charge on any atom is 0.236 e. The first kappa shape index (κ1) is 16.4. The Bertz CT molecular complexity index is 378. The minimum Gasteiger partial charge on any atom is -0.353 e. The van der Waals surface area contributed by atoms with E-state index >= 15 is 0 Å². The lowest BCUT2D eigenvalue weighted by Gasteiger charge is -2.26. The quantitative estimate of drug-likeness (QED) is 0.650. The van der Waals surface area contributed by atoms with Crippen molar-refractivity contribution in [2.45, 2.75) is 31.7 Å². The highest BCUT2D eigenvalue weighted by atomic mass is 32.2. The predicted molar refractivity (Wildman–Crippen MR) is 75.6 cm³/mol. The number of nitrogens with zero attached hydrogens (tertiary/aromatic N) is 1. The highest BCUT2D eigenvalue weighted by Crippen LogP contribution is 2.07. The summed E-state index contributed by atoms with van der Waals surface area (Å²) in [6.45, 7) is 3.60. The second kappa shape index (κ2) is 7.81. The molecule has 112 valence electrons. The molecule has 0 bridgehead atoms. The Morgan fingerprint density at radius 3 is 2.53 bits per heavy atom. The molecule has 1 aliphatic heterocycles. The van der Waals surface area contributed by atoms with Gasteiger partial charge in [0.2, 0.25) is 5.91 Å². The molecule has 19 heavy (non-hydrogen) atoms. The summed E-state index contributed by atoms with van der Waals surface area (Å²) < 4.78 is 22.0. The van der Waals surface area contributed by atoms with E-state index in [1.807, 2.05) is 0 Å². The van der Waals surface area contributed by atoms with Crippen molar-refractivity contribution < 1.29 is 13.2 Å². The van der Waals surface area contributed by atoms with Crippen LogP contribution in [-0.4, -0.2) is 63.5 Å². The second-order valence-corrected chi connectivity index (χ2v) is 7.48. The molecule has 7 heteroatoms. The maximum absolute atomic E-state index is 11.7. The largest absolute Gasteiger partial charge is 0.353 e. The van der Waals surface area contributed by atoms with Crippen LogP contribution in [0.25, 0.3) is 0 Å². The minimum atomic E-state index is -3.06. The molecule has 0 aromatic heterocycles. The number of hydrogen-bond acceptors (Lipinski definition) is 5. The average molecular weight is 291 g/mol. The predicted octanol–water partition coefficient (Wildman–Crippen LogP) is -0.649. The summed E-state index contributed by atoms with van der Waals surface area (Å²) in [5.41, 5.74) is 5.65. The average Bonchev–Trinajstić information content (AvgIpc) is 2.36. The van der Waals surface area contributed by atoms with Crippen molar-refractivity contribution in [3.05, 3.63) is 0 Å². The molecule has 0 aromatic rings. The first-order valence-corrected chi connectivity index (χ1v) is 8.88. The van der Waals surface area contributed by atoms with E-state index in [1.165, 1.54) is 19.3 Å². The van der Waals surface area contributed by atoms with Crippen LogP contribution in [0.3, 0.4) is 0 Å². The van der Waals surface area contributed by atoms with Gasteiger partial charge < -0.3 is 16.0 Å². The third kappa shape index (κ3) is 7.49. The molecule has 1 saturated heterocycles. The zero-order valence-corrected chi connectivity index (χ0v) is 12.4. The van der Waals surface area contributed by atoms with E-state index in [1.54, 1.807) is 0 Å². The minimum absolute atomic E-state index is 0.0479. The number of nitrogens with two attached hydrogens (primary N) is 1. The topological polar surface area (TPSA) is 92.5 Å². The molecule has 1 aliphatic rings. The zero-order chi connectivity index (χ0) is 14.3. The second-order valence-electron chi connectivity index (χ2n) is 5.22. The molecule has 0 saturated carbocycles. The van der Waals surface area contributed by atoms with Crippen LogP contribution in [0.1, 0.15) is 25.7 Å². The Morgan fingerprint density at radius 1 is 1.32 bits per heavy atom. The highest BCUT2D eigenvalue weighted by molar-refractivity contribution is 7.90. The number of amides is 1. The van der Waals surface area contributed by atoms with Gasteiger partial charge in [-0.15, -0.1) is 0 Å². The number of sulfone groups is 1. The van der Waals surface area contributed by atoms with Crippen molar-refractivity contribution in [3.8, 4) is 0 Å². The van der Waals surface area contributed by atoms with E-state index in [-0.39, 0.29) is 18.1 Å². The Labute approximate surface area is 115 Å². The molecule has 1 rings (SSSR count). The maximum atomic E-state index is 11.7. The van der Waals surface area contributed by atoms with E-state index in [0.29, 0.717) is 6.54 Å². The molecule has 1 amide bonds. The Morgan fingerprint density at radius 2 is 1.95 bits per heavy atom. The van der Waals surface area contributed by atoms with Gasteiger partial charge in [0.25, 0.3) is 0 Å². The smallest absolute Gasteiger partial charge is 0.236 e. The van der Waals surface area contributed by atoms with Crippen LogP contribution in [0.4, 0.5) is 0 Å². The molecule has 0 radical (unpaired) electrons. The number of likely N-dealkylation sites (tertiary alicyclic amines) is 1. The SMILES string of the molecule is CS(=O)(=O)CCC(N)C(=O)NCCN1CCCCC1. The third-order valence-electron chi connectivity index (χ3n) is 3.31. The third-order valence-corrected chi connectivity index (χ3v) is 4.29. The number of nitrogens with one attached hydrogen (secondary N) is 1. The standard InChI is InChI=1S/C12H25N3O3S/c1-19(17,18)10-5-11(13)12(16)14-6-9-15-7-3-2-4-8-15/h11H,2-10,13H2,1H3,(H,14,16). The molecule has 0 aromatic carbocycles. The van der Waals surface area contributed by atoms with Crippen LogP contribution in [0.2, 0.25) is 0 Å². The van der Waals surface area contributed by atoms with E-state index < -0.39 is 15.9 Å². The molecular weight excluding hydrogens is 266 g/mol. The first-order chi connectivity index (χ1) is 8.88. The van der Waals surface area contributed by atoms with Crippen LogP contribution in [0, 0.1) is 0 Å². The van der Waals surface area contributed by atoms with Gasteiger partial charge in [0.05, 0.1) is 11.8 Å². The molecule has 1 unspecified atom stereocenters. The monoisotopic (exact) mass is 291 g/mol. The van der Waals surface area contributed by atoms with E-state index in [4.69, 9.17) is 5.73 Å². The fourth-order valence-electron chi connectivity index (χ4n) is 2.12. The van der Waals surface area contributed by atoms with E-state index in [2.05, 4.69) is 10.2 Å². The van der Waals surface area contributed by atoms with Crippen LogP contribution < -0.4 is 11.1 Å². The van der Waals surface area contributed by atoms with Gasteiger partial charge in [0.1, 0.15) is 9.84 Å². The number of rotatable bonds is 7. The van der Waals surface area contributed by atoms with Crippen molar-refractivity contribution in [1.29, 1.82) is 0 Å². The molecule has 0 spiro atoms. The fourth-order valence-corrected chi connectivity index (χ4v) is 2.81. The van der Waals surface area contributed by atoms with Crippen LogP contribution in [0.15, 0.2) is 0 Å². The Hall–Kier alpha value is -0.660. The fraction of sp³-hybridized carbons (Fsp3) is 0.917. The van der Waals surface area contributed by atoms with Crippen LogP contribution in [-0.2, 0) is 14.6 Å². The van der Waals surface area contributed by atoms with Crippen LogP contribution >= 0.6 is 0 Å². The summed E-state index contributed by atoms with van der Waals surface area (Å²) in [7, 11) is -3.06. The lowest BCUT2D eigenvalue weighted by atomic mass is 10.1. The van der Waals surface area contributed by atoms with Gasteiger partial charge in [-0.05, 0) is 32.4 Å². The van der Waals surface area contributed by atoms with Gasteiger partial charge in [-0.25, -0.2) is 8.42 Å². The summed E-state index contributed by atoms with van der Waals surface area (Å²) in [6.07, 6.45) is 5.06. The zero-order valence-electron chi connectivity index (χ0n) is 11.6. The Balaban J connectivity index is 2.15. The molecule has 1 atom stereocenters. The lowest BCUT2D eigenvalue weighted by Crippen LogP contribution is -2.44. The molecule has 0 aliphatic carbocycles. The highest BCUT2D eigenvalue weighted by Gasteiger charge is 2.16. The first-order valence-electron chi connectivity index (χ1n) is 6.82. The van der Waals surface area contributed by atoms with Gasteiger partial charge >= 0.3 is 0 Å². The molecule has 1 fully saturated rings. The van der Waals surface area contributed by atoms with Gasteiger partial charge in [0.15, 0.2) is 0 Å². The van der Waals surface area contributed by atoms with Crippen molar-refractivity contribution >= 4 is 15.7 Å². The number of piperidine rings is 1. The van der Waals surface area contributed by atoms with Gasteiger partial charge in [-0.1, -0.05) is 6.42 Å². The number of hydrogen-bond donors (Lipinski definition) is 2. The molecule has 6 nitrogen and oxygen atoms in total. The molecule has 3 N–H and O–H groups in total. The molecular formula is C12H25N3O3S. The lowest BCUT2D eigenvalue weighted by molar-refractivity contribution is -0.122. The van der Waals surface area contributed by atoms with Crippen molar-refractivity contribution in [2.75, 3.05) is 38.2 Å². The Kier molecular flexibility index (Phi) is 6.74. The molecule has 1 heterocycles. The van der Waals surface area contributed by atoms with Crippen molar-refractivity contribution in [2.24, 2.45) is 5.73 Å². The summed E-state index contributed by atoms with van der Waals surface area (Å²) in [6, 6.07) is -0.740. The van der Waals surface area contributed by atoms with Crippen molar-refractivity contribution in [3.63, 3.8) is 0 Å². The number of carbonyl (C=O) groups is 1. The summed E-state index contributed by atoms with van der Waals surface area (Å²) >= 11 is 0. The summed E-state index contributed by atoms with van der Waals surface area (Å²) in [5, 5.41) is 2.77. The van der Waals surface area contributed by atoms with E-state index in [0.717, 1.165) is 25.9 Å². The normalized spacial score (nSPS) is 19.1. The van der Waals surface area contributed by atoms with Crippen LogP contribution in [0.5, 0.6) is 0 Å². The van der Waals surface area contributed by atoms with Gasteiger partial charge in [-0.3, -0.25) is 4.79 Å². The van der Waals surface area contributed by atoms with Gasteiger partial charge in [0, 0.05) is 19.3 Å². The van der Waals surface area contributed by atoms with E-state index in [9.17, 15) is 13.2 Å².